The summed E-state index contributed by atoms with van der Waals surface area (Å²) < 4.78 is 5.06. The molecule has 0 atom stereocenters. The molecule has 1 N–H and O–H groups in total. The van der Waals surface area contributed by atoms with Gasteiger partial charge in [-0.15, -0.1) is 0 Å². The molecule has 7 heteroatoms. The topological polar surface area (TPSA) is 85.5 Å². The molecule has 1 heterocycles. The number of nitrogens with zero attached hydrogens (tertiary/aromatic N) is 2. The fourth-order valence-corrected chi connectivity index (χ4v) is 1.83. The van der Waals surface area contributed by atoms with E-state index in [2.05, 4.69) is 4.98 Å². The van der Waals surface area contributed by atoms with Crippen molar-refractivity contribution in [3.63, 3.8) is 0 Å². The standard InChI is InChI=1S/C10H7ClN2O4/c1-17-7-2-3-12-9-8(7)5(11)4-6(10(9)14)13(15)16/h2-4,14H,1H3. The van der Waals surface area contributed by atoms with E-state index in [1.165, 1.54) is 13.3 Å². The van der Waals surface area contributed by atoms with E-state index in [-0.39, 0.29) is 10.5 Å². The molecule has 0 radical (unpaired) electrons. The van der Waals surface area contributed by atoms with E-state index in [0.29, 0.717) is 11.1 Å². The number of rotatable bonds is 2. The van der Waals surface area contributed by atoms with Crippen molar-refractivity contribution in [2.45, 2.75) is 0 Å². The van der Waals surface area contributed by atoms with Crippen molar-refractivity contribution in [1.29, 1.82) is 0 Å². The average Bonchev–Trinajstić information content (AvgIpc) is 2.32. The van der Waals surface area contributed by atoms with Crippen molar-refractivity contribution in [2.24, 2.45) is 0 Å². The lowest BCUT2D eigenvalue weighted by Crippen LogP contribution is -1.93. The van der Waals surface area contributed by atoms with Crippen LogP contribution in [-0.4, -0.2) is 22.1 Å². The Labute approximate surface area is 101 Å². The summed E-state index contributed by atoms with van der Waals surface area (Å²) in [6, 6.07) is 2.63. The maximum Gasteiger partial charge on any atom is 0.314 e. The Kier molecular flexibility index (Phi) is 2.72. The zero-order valence-electron chi connectivity index (χ0n) is 8.68. The molecule has 0 saturated heterocycles. The van der Waals surface area contributed by atoms with Gasteiger partial charge in [-0.2, -0.15) is 0 Å². The highest BCUT2D eigenvalue weighted by Crippen LogP contribution is 2.41. The minimum Gasteiger partial charge on any atom is -0.501 e. The molecule has 1 aromatic heterocycles. The SMILES string of the molecule is COc1ccnc2c(O)c([N+](=O)[O-])cc(Cl)c12. The number of halogens is 1. The van der Waals surface area contributed by atoms with Crippen LogP contribution in [0.25, 0.3) is 10.9 Å². The number of hydrogen-bond donors (Lipinski definition) is 1. The van der Waals surface area contributed by atoms with E-state index >= 15 is 0 Å². The highest BCUT2D eigenvalue weighted by molar-refractivity contribution is 6.36. The quantitative estimate of drug-likeness (QED) is 0.657. The van der Waals surface area contributed by atoms with E-state index in [0.717, 1.165) is 6.07 Å². The lowest BCUT2D eigenvalue weighted by molar-refractivity contribution is -0.385. The van der Waals surface area contributed by atoms with Gasteiger partial charge in [0, 0.05) is 12.3 Å². The third kappa shape index (κ3) is 1.72. The predicted molar refractivity (Wildman–Crippen MR) is 61.6 cm³/mol. The average molecular weight is 255 g/mol. The number of methoxy groups -OCH3 is 1. The molecule has 0 unspecified atom stereocenters. The Balaban J connectivity index is 2.92. The van der Waals surface area contributed by atoms with Gasteiger partial charge in [-0.1, -0.05) is 11.6 Å². The number of phenols is 1. The number of nitro benzene ring substituents is 1. The molecule has 0 bridgehead atoms. The largest absolute Gasteiger partial charge is 0.501 e. The van der Waals surface area contributed by atoms with E-state index in [9.17, 15) is 15.2 Å². The summed E-state index contributed by atoms with van der Waals surface area (Å²) in [5.74, 6) is -0.126. The van der Waals surface area contributed by atoms with Gasteiger partial charge in [-0.25, -0.2) is 0 Å². The van der Waals surface area contributed by atoms with E-state index in [4.69, 9.17) is 16.3 Å². The van der Waals surface area contributed by atoms with Gasteiger partial charge in [0.2, 0.25) is 5.75 Å². The Hall–Kier alpha value is -2.08. The molecule has 1 aromatic carbocycles. The van der Waals surface area contributed by atoms with Gasteiger partial charge >= 0.3 is 5.69 Å². The summed E-state index contributed by atoms with van der Waals surface area (Å²) in [4.78, 5) is 13.9. The van der Waals surface area contributed by atoms with Crippen molar-refractivity contribution < 1.29 is 14.8 Å². The Morgan fingerprint density at radius 3 is 2.88 bits per heavy atom. The van der Waals surface area contributed by atoms with Crippen LogP contribution < -0.4 is 4.74 Å². The number of benzene rings is 1. The molecule has 0 saturated carbocycles. The minimum atomic E-state index is -0.720. The molecule has 0 spiro atoms. The Bertz CT molecular complexity index is 615. The van der Waals surface area contributed by atoms with Gasteiger partial charge in [0.05, 0.1) is 22.4 Å². The maximum absolute atomic E-state index is 10.7. The molecule has 0 fully saturated rings. The van der Waals surface area contributed by atoms with Crippen LogP contribution in [0.3, 0.4) is 0 Å². The van der Waals surface area contributed by atoms with Crippen molar-refractivity contribution in [1.82, 2.24) is 4.98 Å². The van der Waals surface area contributed by atoms with Gasteiger partial charge in [0.15, 0.2) is 0 Å². The van der Waals surface area contributed by atoms with E-state index in [1.807, 2.05) is 0 Å². The second-order valence-electron chi connectivity index (χ2n) is 3.22. The predicted octanol–water partition coefficient (Wildman–Crippen LogP) is 2.51. The molecular formula is C10H7ClN2O4. The van der Waals surface area contributed by atoms with E-state index in [1.54, 1.807) is 6.07 Å². The van der Waals surface area contributed by atoms with Gasteiger partial charge in [0.1, 0.15) is 11.3 Å². The molecule has 0 aliphatic heterocycles. The van der Waals surface area contributed by atoms with Crippen LogP contribution >= 0.6 is 11.6 Å². The fourth-order valence-electron chi connectivity index (χ4n) is 1.55. The molecule has 88 valence electrons. The van der Waals surface area contributed by atoms with Crippen molar-refractivity contribution >= 4 is 28.2 Å². The smallest absolute Gasteiger partial charge is 0.314 e. The second-order valence-corrected chi connectivity index (χ2v) is 3.63. The number of aromatic nitrogens is 1. The number of phenolic OH excluding ortho intramolecular Hbond substituents is 1. The monoisotopic (exact) mass is 254 g/mol. The van der Waals surface area contributed by atoms with Crippen molar-refractivity contribution in [2.75, 3.05) is 7.11 Å². The maximum atomic E-state index is 10.7. The van der Waals surface area contributed by atoms with Crippen LogP contribution in [0.2, 0.25) is 5.02 Å². The first-order valence-electron chi connectivity index (χ1n) is 4.54. The van der Waals surface area contributed by atoms with Crippen LogP contribution in [0, 0.1) is 10.1 Å². The van der Waals surface area contributed by atoms with Crippen molar-refractivity contribution in [3.05, 3.63) is 33.5 Å². The Morgan fingerprint density at radius 1 is 1.59 bits per heavy atom. The van der Waals surface area contributed by atoms with Gasteiger partial charge < -0.3 is 9.84 Å². The number of pyridine rings is 1. The summed E-state index contributed by atoms with van der Waals surface area (Å²) in [7, 11) is 1.43. The van der Waals surface area contributed by atoms with Crippen LogP contribution in [0.4, 0.5) is 5.69 Å². The molecule has 0 aliphatic carbocycles. The lowest BCUT2D eigenvalue weighted by atomic mass is 10.1. The number of ether oxygens (including phenoxy) is 1. The van der Waals surface area contributed by atoms with Crippen LogP contribution in [0.5, 0.6) is 11.5 Å². The first kappa shape index (κ1) is 11.4. The molecular weight excluding hydrogens is 248 g/mol. The third-order valence-corrected chi connectivity index (χ3v) is 2.60. The van der Waals surface area contributed by atoms with Crippen LogP contribution in [0.1, 0.15) is 0 Å². The Morgan fingerprint density at radius 2 is 2.29 bits per heavy atom. The molecule has 0 aliphatic rings. The first-order valence-corrected chi connectivity index (χ1v) is 4.92. The summed E-state index contributed by atoms with van der Waals surface area (Å²) in [6.07, 6.45) is 1.38. The number of hydrogen-bond acceptors (Lipinski definition) is 5. The zero-order valence-corrected chi connectivity index (χ0v) is 9.43. The minimum absolute atomic E-state index is 0.0450. The molecule has 2 rings (SSSR count). The molecule has 2 aromatic rings. The molecule has 0 amide bonds. The summed E-state index contributed by atoms with van der Waals surface area (Å²) in [5.41, 5.74) is -0.438. The van der Waals surface area contributed by atoms with Crippen LogP contribution in [0.15, 0.2) is 18.3 Å². The fraction of sp³-hybridized carbons (Fsp3) is 0.100. The van der Waals surface area contributed by atoms with Gasteiger partial charge in [-0.05, 0) is 6.07 Å². The lowest BCUT2D eigenvalue weighted by Gasteiger charge is -2.07. The van der Waals surface area contributed by atoms with Crippen molar-refractivity contribution in [3.8, 4) is 11.5 Å². The third-order valence-electron chi connectivity index (χ3n) is 2.30. The first-order chi connectivity index (χ1) is 8.06. The molecule has 6 nitrogen and oxygen atoms in total. The van der Waals surface area contributed by atoms with Gasteiger partial charge in [0.25, 0.3) is 0 Å². The van der Waals surface area contributed by atoms with Gasteiger partial charge in [-0.3, -0.25) is 15.1 Å². The number of fused-ring (bicyclic) bond motifs is 1. The van der Waals surface area contributed by atoms with Crippen LogP contribution in [-0.2, 0) is 0 Å². The summed E-state index contributed by atoms with van der Waals surface area (Å²) in [6.45, 7) is 0. The number of aromatic hydroxyl groups is 1. The summed E-state index contributed by atoms with van der Waals surface area (Å²) >= 11 is 5.93. The highest BCUT2D eigenvalue weighted by Gasteiger charge is 2.21. The molecule has 17 heavy (non-hydrogen) atoms. The summed E-state index contributed by atoms with van der Waals surface area (Å²) in [5, 5.41) is 20.9. The second kappa shape index (κ2) is 4.06. The highest BCUT2D eigenvalue weighted by atomic mass is 35.5. The normalized spacial score (nSPS) is 10.5. The van der Waals surface area contributed by atoms with E-state index < -0.39 is 16.4 Å². The zero-order chi connectivity index (χ0) is 12.6. The number of nitro groups is 1.